The van der Waals surface area contributed by atoms with Crippen LogP contribution >= 0.6 is 0 Å². The number of para-hydroxylation sites is 3. The van der Waals surface area contributed by atoms with E-state index in [2.05, 4.69) is 38.1 Å². The van der Waals surface area contributed by atoms with Crippen molar-refractivity contribution in [1.29, 1.82) is 0 Å². The predicted molar refractivity (Wildman–Crippen MR) is 122 cm³/mol. The molecule has 0 aliphatic heterocycles. The third-order valence-electron chi connectivity index (χ3n) is 5.88. The molecule has 3 nitrogen and oxygen atoms in total. The monoisotopic (exact) mass is 389 g/mol. The maximum absolute atomic E-state index is 6.31. The third-order valence-corrected chi connectivity index (χ3v) is 5.88. The van der Waals surface area contributed by atoms with Gasteiger partial charge in [0.15, 0.2) is 5.76 Å². The van der Waals surface area contributed by atoms with Crippen LogP contribution in [0, 0.1) is 13.8 Å². The van der Waals surface area contributed by atoms with Crippen molar-refractivity contribution >= 4 is 32.8 Å². The Kier molecular flexibility index (Phi) is 3.59. The van der Waals surface area contributed by atoms with E-state index in [4.69, 9.17) is 13.8 Å². The SMILES string of the molecule is Cc1c(-c2cc(-c3oc4ccccc4c3C)c3ccccc3n2)oc2ccccc12. The Labute approximate surface area is 173 Å². The van der Waals surface area contributed by atoms with Gasteiger partial charge in [-0.25, -0.2) is 4.98 Å². The van der Waals surface area contributed by atoms with Crippen molar-refractivity contribution < 1.29 is 8.83 Å². The maximum atomic E-state index is 6.31. The normalized spacial score (nSPS) is 11.7. The van der Waals surface area contributed by atoms with Gasteiger partial charge >= 0.3 is 0 Å². The van der Waals surface area contributed by atoms with E-state index in [9.17, 15) is 0 Å². The highest BCUT2D eigenvalue weighted by Gasteiger charge is 2.19. The van der Waals surface area contributed by atoms with Crippen molar-refractivity contribution in [3.63, 3.8) is 0 Å². The molecule has 30 heavy (non-hydrogen) atoms. The maximum Gasteiger partial charge on any atom is 0.156 e. The Balaban J connectivity index is 1.68. The highest BCUT2D eigenvalue weighted by atomic mass is 16.3. The first-order valence-electron chi connectivity index (χ1n) is 10.1. The lowest BCUT2D eigenvalue weighted by Gasteiger charge is -2.08. The van der Waals surface area contributed by atoms with E-state index in [-0.39, 0.29) is 0 Å². The summed E-state index contributed by atoms with van der Waals surface area (Å²) in [6.45, 7) is 4.20. The molecular weight excluding hydrogens is 370 g/mol. The second-order valence-corrected chi connectivity index (χ2v) is 7.68. The average Bonchev–Trinajstić information content (AvgIpc) is 3.31. The summed E-state index contributed by atoms with van der Waals surface area (Å²) in [4.78, 5) is 4.94. The van der Waals surface area contributed by atoms with Crippen molar-refractivity contribution in [2.24, 2.45) is 0 Å². The topological polar surface area (TPSA) is 39.2 Å². The summed E-state index contributed by atoms with van der Waals surface area (Å²) in [7, 11) is 0. The molecule has 3 aromatic heterocycles. The quantitative estimate of drug-likeness (QED) is 0.305. The minimum absolute atomic E-state index is 0.803. The zero-order valence-electron chi connectivity index (χ0n) is 16.8. The van der Waals surface area contributed by atoms with Gasteiger partial charge in [-0.15, -0.1) is 0 Å². The lowest BCUT2D eigenvalue weighted by atomic mass is 10.0. The van der Waals surface area contributed by atoms with Crippen LogP contribution in [0.5, 0.6) is 0 Å². The predicted octanol–water partition coefficient (Wildman–Crippen LogP) is 7.68. The molecule has 0 aliphatic carbocycles. The fraction of sp³-hybridized carbons (Fsp3) is 0.0741. The molecule has 0 aliphatic rings. The van der Waals surface area contributed by atoms with Crippen molar-refractivity contribution in [2.45, 2.75) is 13.8 Å². The van der Waals surface area contributed by atoms with Crippen LogP contribution in [0.4, 0.5) is 0 Å². The molecule has 3 heteroatoms. The first kappa shape index (κ1) is 17.0. The molecule has 0 unspecified atom stereocenters. The fourth-order valence-electron chi connectivity index (χ4n) is 4.33. The van der Waals surface area contributed by atoms with E-state index in [0.29, 0.717) is 0 Å². The van der Waals surface area contributed by atoms with Gasteiger partial charge in [-0.1, -0.05) is 54.6 Å². The average molecular weight is 389 g/mol. The Morgan fingerprint density at radius 2 is 1.13 bits per heavy atom. The molecule has 6 rings (SSSR count). The number of rotatable bonds is 2. The molecular formula is C27H19NO2. The molecule has 144 valence electrons. The van der Waals surface area contributed by atoms with Crippen LogP contribution in [-0.2, 0) is 0 Å². The van der Waals surface area contributed by atoms with Gasteiger partial charge in [0.2, 0.25) is 0 Å². The standard InChI is InChI=1S/C27H19NO2/c1-16-18-9-4-7-13-24(18)29-26(16)21-15-23(28-22-12-6-3-11-20(21)22)27-17(2)19-10-5-8-14-25(19)30-27/h3-15H,1-2H3. The van der Waals surface area contributed by atoms with Crippen LogP contribution in [0.15, 0.2) is 87.7 Å². The number of aromatic nitrogens is 1. The van der Waals surface area contributed by atoms with Gasteiger partial charge in [0.05, 0.1) is 5.52 Å². The highest BCUT2D eigenvalue weighted by Crippen LogP contribution is 2.40. The lowest BCUT2D eigenvalue weighted by molar-refractivity contribution is 0.625. The number of fused-ring (bicyclic) bond motifs is 3. The first-order chi connectivity index (χ1) is 14.7. The largest absolute Gasteiger partial charge is 0.456 e. The fourth-order valence-corrected chi connectivity index (χ4v) is 4.33. The number of furan rings is 2. The summed E-state index contributed by atoms with van der Waals surface area (Å²) < 4.78 is 12.5. The van der Waals surface area contributed by atoms with E-state index >= 15 is 0 Å². The summed E-state index contributed by atoms with van der Waals surface area (Å²) in [5.41, 5.74) is 6.77. The van der Waals surface area contributed by atoms with E-state index in [1.807, 2.05) is 54.6 Å². The second-order valence-electron chi connectivity index (χ2n) is 7.68. The number of hydrogen-bond acceptors (Lipinski definition) is 3. The molecule has 0 spiro atoms. The van der Waals surface area contributed by atoms with E-state index in [1.54, 1.807) is 0 Å². The third kappa shape index (κ3) is 2.42. The summed E-state index contributed by atoms with van der Waals surface area (Å²) in [5, 5.41) is 3.32. The number of pyridine rings is 1. The second kappa shape index (κ2) is 6.33. The number of benzene rings is 3. The van der Waals surface area contributed by atoms with Crippen LogP contribution < -0.4 is 0 Å². The first-order valence-corrected chi connectivity index (χ1v) is 10.1. The van der Waals surface area contributed by atoms with Gasteiger partial charge in [0.1, 0.15) is 22.6 Å². The molecule has 6 aromatic rings. The van der Waals surface area contributed by atoms with Crippen LogP contribution in [-0.4, -0.2) is 4.98 Å². The Hall–Kier alpha value is -3.85. The van der Waals surface area contributed by atoms with Crippen molar-refractivity contribution in [2.75, 3.05) is 0 Å². The van der Waals surface area contributed by atoms with E-state index in [0.717, 1.165) is 66.7 Å². The van der Waals surface area contributed by atoms with Crippen molar-refractivity contribution in [1.82, 2.24) is 4.98 Å². The molecule has 0 amide bonds. The summed E-state index contributed by atoms with van der Waals surface area (Å²) >= 11 is 0. The van der Waals surface area contributed by atoms with Gasteiger partial charge in [-0.3, -0.25) is 0 Å². The molecule has 3 heterocycles. The van der Waals surface area contributed by atoms with Gasteiger partial charge in [-0.05, 0) is 38.1 Å². The van der Waals surface area contributed by atoms with Gasteiger partial charge in [0.25, 0.3) is 0 Å². The summed E-state index contributed by atoms with van der Waals surface area (Å²) in [6.07, 6.45) is 0. The highest BCUT2D eigenvalue weighted by molar-refractivity contribution is 6.00. The van der Waals surface area contributed by atoms with Crippen molar-refractivity contribution in [3.05, 3.63) is 90.0 Å². The van der Waals surface area contributed by atoms with Crippen LogP contribution in [0.1, 0.15) is 11.1 Å². The smallest absolute Gasteiger partial charge is 0.156 e. The van der Waals surface area contributed by atoms with Gasteiger partial charge in [-0.2, -0.15) is 0 Å². The van der Waals surface area contributed by atoms with Crippen molar-refractivity contribution in [3.8, 4) is 22.8 Å². The minimum Gasteiger partial charge on any atom is -0.456 e. The summed E-state index contributed by atoms with van der Waals surface area (Å²) in [6, 6.07) is 26.6. The molecule has 0 atom stereocenters. The molecule has 3 aromatic carbocycles. The molecule has 0 N–H and O–H groups in total. The summed E-state index contributed by atoms with van der Waals surface area (Å²) in [5.74, 6) is 1.68. The Morgan fingerprint density at radius 1 is 0.600 bits per heavy atom. The number of hydrogen-bond donors (Lipinski definition) is 0. The Morgan fingerprint density at radius 3 is 1.80 bits per heavy atom. The van der Waals surface area contributed by atoms with Crippen LogP contribution in [0.25, 0.3) is 55.6 Å². The number of aryl methyl sites for hydroxylation is 2. The molecule has 0 bridgehead atoms. The molecule has 0 fully saturated rings. The van der Waals surface area contributed by atoms with E-state index < -0.39 is 0 Å². The molecule has 0 saturated heterocycles. The van der Waals surface area contributed by atoms with Crippen LogP contribution in [0.3, 0.4) is 0 Å². The molecule has 0 radical (unpaired) electrons. The number of nitrogens with zero attached hydrogens (tertiary/aromatic N) is 1. The van der Waals surface area contributed by atoms with E-state index in [1.165, 1.54) is 0 Å². The Bertz CT molecular complexity index is 1570. The minimum atomic E-state index is 0.803. The van der Waals surface area contributed by atoms with Crippen LogP contribution in [0.2, 0.25) is 0 Å². The molecule has 0 saturated carbocycles. The lowest BCUT2D eigenvalue weighted by Crippen LogP contribution is -1.90. The van der Waals surface area contributed by atoms with Gasteiger partial charge < -0.3 is 8.83 Å². The zero-order valence-corrected chi connectivity index (χ0v) is 16.8. The zero-order chi connectivity index (χ0) is 20.2. The van der Waals surface area contributed by atoms with Gasteiger partial charge in [0, 0.05) is 32.8 Å².